The van der Waals surface area contributed by atoms with E-state index in [0.29, 0.717) is 25.3 Å². The quantitative estimate of drug-likeness (QED) is 0.806. The van der Waals surface area contributed by atoms with Crippen molar-refractivity contribution >= 4 is 16.9 Å². The molecule has 27 heavy (non-hydrogen) atoms. The van der Waals surface area contributed by atoms with Gasteiger partial charge in [-0.25, -0.2) is 4.79 Å². The molecule has 0 spiro atoms. The molecule has 0 unspecified atom stereocenters. The Hall–Kier alpha value is -1.93. The van der Waals surface area contributed by atoms with Crippen LogP contribution in [0.1, 0.15) is 23.0 Å². The van der Waals surface area contributed by atoms with Crippen molar-refractivity contribution in [3.8, 4) is 0 Å². The average molecular weight is 374 g/mol. The van der Waals surface area contributed by atoms with Gasteiger partial charge in [0.25, 0.3) is 0 Å². The van der Waals surface area contributed by atoms with Gasteiger partial charge in [0.05, 0.1) is 57.2 Å². The van der Waals surface area contributed by atoms with E-state index in [1.165, 1.54) is 7.11 Å². The molecule has 7 heteroatoms. The lowest BCUT2D eigenvalue weighted by Gasteiger charge is -2.43. The Bertz CT molecular complexity index is 834. The maximum absolute atomic E-state index is 12.2. The molecule has 2 fully saturated rings. The van der Waals surface area contributed by atoms with Gasteiger partial charge in [-0.05, 0) is 19.9 Å². The van der Waals surface area contributed by atoms with Crippen LogP contribution in [0, 0.1) is 6.92 Å². The third-order valence-electron chi connectivity index (χ3n) is 5.31. The molecule has 0 amide bonds. The van der Waals surface area contributed by atoms with Crippen molar-refractivity contribution in [3.05, 3.63) is 35.5 Å². The highest BCUT2D eigenvalue weighted by atomic mass is 16.7. The molecule has 2 aliphatic rings. The molecular weight excluding hydrogens is 348 g/mol. The summed E-state index contributed by atoms with van der Waals surface area (Å²) in [4.78, 5) is 12.2. The van der Waals surface area contributed by atoms with Crippen LogP contribution >= 0.6 is 0 Å². The second-order valence-electron chi connectivity index (χ2n) is 7.57. The number of nitrogens with one attached hydrogen (secondary N) is 1. The van der Waals surface area contributed by atoms with Crippen molar-refractivity contribution in [2.45, 2.75) is 38.3 Å². The van der Waals surface area contributed by atoms with Crippen molar-refractivity contribution in [2.75, 3.05) is 33.5 Å². The highest BCUT2D eigenvalue weighted by Gasteiger charge is 2.37. The van der Waals surface area contributed by atoms with Crippen LogP contribution in [0.5, 0.6) is 0 Å². The van der Waals surface area contributed by atoms with E-state index in [1.807, 2.05) is 31.2 Å². The highest BCUT2D eigenvalue weighted by Crippen LogP contribution is 2.27. The van der Waals surface area contributed by atoms with Gasteiger partial charge in [0, 0.05) is 16.6 Å². The van der Waals surface area contributed by atoms with Gasteiger partial charge >= 0.3 is 5.97 Å². The number of rotatable bonds is 5. The van der Waals surface area contributed by atoms with Crippen LogP contribution < -0.4 is 5.32 Å². The Kier molecular flexibility index (Phi) is 4.94. The van der Waals surface area contributed by atoms with Gasteiger partial charge in [-0.15, -0.1) is 0 Å². The maximum Gasteiger partial charge on any atom is 0.340 e. The van der Waals surface area contributed by atoms with E-state index < -0.39 is 0 Å². The number of aromatic nitrogens is 1. The molecule has 146 valence electrons. The normalized spacial score (nSPS) is 24.6. The van der Waals surface area contributed by atoms with Crippen LogP contribution in [0.25, 0.3) is 10.9 Å². The van der Waals surface area contributed by atoms with Crippen molar-refractivity contribution in [3.63, 3.8) is 0 Å². The monoisotopic (exact) mass is 374 g/mol. The summed E-state index contributed by atoms with van der Waals surface area (Å²) in [5.74, 6) is -0.326. The van der Waals surface area contributed by atoms with E-state index in [1.54, 1.807) is 0 Å². The Balaban J connectivity index is 1.48. The van der Waals surface area contributed by atoms with Gasteiger partial charge in [-0.2, -0.15) is 0 Å². The van der Waals surface area contributed by atoms with E-state index >= 15 is 0 Å². The third-order valence-corrected chi connectivity index (χ3v) is 5.31. The molecule has 0 aliphatic carbocycles. The standard InChI is InChI=1S/C20H26N2O5/c1-13-18(19(23)24-3)15-6-4-5-7-16(15)22(13)8-17-26-9-14(10-27-17)21-20(2)11-25-12-20/h4-7,14,17,21H,8-12H2,1-3H3. The van der Waals surface area contributed by atoms with Crippen molar-refractivity contribution in [1.29, 1.82) is 0 Å². The number of benzene rings is 1. The smallest absolute Gasteiger partial charge is 0.340 e. The van der Waals surface area contributed by atoms with Gasteiger partial charge in [-0.3, -0.25) is 0 Å². The predicted molar refractivity (Wildman–Crippen MR) is 99.9 cm³/mol. The van der Waals surface area contributed by atoms with Crippen LogP contribution in [0.4, 0.5) is 0 Å². The van der Waals surface area contributed by atoms with Crippen LogP contribution in [0.2, 0.25) is 0 Å². The van der Waals surface area contributed by atoms with Crippen LogP contribution in [-0.4, -0.2) is 61.9 Å². The van der Waals surface area contributed by atoms with Gasteiger partial charge < -0.3 is 28.8 Å². The lowest BCUT2D eigenvalue weighted by molar-refractivity contribution is -0.202. The van der Waals surface area contributed by atoms with E-state index in [9.17, 15) is 4.79 Å². The van der Waals surface area contributed by atoms with E-state index in [2.05, 4.69) is 16.8 Å². The predicted octanol–water partition coefficient (Wildman–Crippen LogP) is 1.86. The number of carbonyl (C=O) groups is 1. The Morgan fingerprint density at radius 1 is 1.30 bits per heavy atom. The molecule has 1 aromatic carbocycles. The first-order valence-electron chi connectivity index (χ1n) is 9.25. The fourth-order valence-corrected chi connectivity index (χ4v) is 3.89. The van der Waals surface area contributed by atoms with Crippen LogP contribution in [0.3, 0.4) is 0 Å². The number of hydrogen-bond donors (Lipinski definition) is 1. The molecule has 2 saturated heterocycles. The molecule has 3 heterocycles. The molecule has 2 aliphatic heterocycles. The first-order valence-corrected chi connectivity index (χ1v) is 9.25. The van der Waals surface area contributed by atoms with Crippen molar-refractivity contribution in [1.82, 2.24) is 9.88 Å². The molecular formula is C20H26N2O5. The van der Waals surface area contributed by atoms with Gasteiger partial charge in [0.1, 0.15) is 0 Å². The summed E-state index contributed by atoms with van der Waals surface area (Å²) in [7, 11) is 1.40. The summed E-state index contributed by atoms with van der Waals surface area (Å²) in [6, 6.07) is 7.98. The third kappa shape index (κ3) is 3.48. The molecule has 1 N–H and O–H groups in total. The molecule has 0 bridgehead atoms. The number of methoxy groups -OCH3 is 1. The number of fused-ring (bicyclic) bond motifs is 1. The molecule has 0 atom stereocenters. The van der Waals surface area contributed by atoms with E-state index in [-0.39, 0.29) is 23.8 Å². The summed E-state index contributed by atoms with van der Waals surface area (Å²) in [6.07, 6.45) is -0.353. The fourth-order valence-electron chi connectivity index (χ4n) is 3.89. The fraction of sp³-hybridized carbons (Fsp3) is 0.550. The number of ether oxygens (including phenoxy) is 4. The summed E-state index contributed by atoms with van der Waals surface area (Å²) >= 11 is 0. The molecule has 7 nitrogen and oxygen atoms in total. The van der Waals surface area contributed by atoms with E-state index in [4.69, 9.17) is 18.9 Å². The topological polar surface area (TPSA) is 71.0 Å². The first-order chi connectivity index (χ1) is 13.0. The van der Waals surface area contributed by atoms with Gasteiger partial charge in [0.15, 0.2) is 6.29 Å². The minimum absolute atomic E-state index is 0.0207. The minimum atomic E-state index is -0.353. The lowest BCUT2D eigenvalue weighted by Crippen LogP contribution is -2.63. The largest absolute Gasteiger partial charge is 0.465 e. The Morgan fingerprint density at radius 2 is 2.00 bits per heavy atom. The second-order valence-corrected chi connectivity index (χ2v) is 7.57. The lowest BCUT2D eigenvalue weighted by atomic mass is 9.99. The highest BCUT2D eigenvalue weighted by molar-refractivity contribution is 6.05. The minimum Gasteiger partial charge on any atom is -0.465 e. The number of para-hydroxylation sites is 1. The average Bonchev–Trinajstić information content (AvgIpc) is 2.93. The second kappa shape index (κ2) is 7.24. The summed E-state index contributed by atoms with van der Waals surface area (Å²) < 4.78 is 24.2. The van der Waals surface area contributed by atoms with Gasteiger partial charge in [0.2, 0.25) is 0 Å². The van der Waals surface area contributed by atoms with Crippen molar-refractivity contribution < 1.29 is 23.7 Å². The number of esters is 1. The Morgan fingerprint density at radius 3 is 2.63 bits per heavy atom. The summed E-state index contributed by atoms with van der Waals surface area (Å²) in [6.45, 7) is 7.21. The van der Waals surface area contributed by atoms with Gasteiger partial charge in [-0.1, -0.05) is 18.2 Å². The van der Waals surface area contributed by atoms with Crippen LogP contribution in [-0.2, 0) is 25.5 Å². The number of nitrogens with zero attached hydrogens (tertiary/aromatic N) is 1. The SMILES string of the molecule is COC(=O)c1c(C)n(CC2OCC(NC3(C)COC3)CO2)c2ccccc12. The summed E-state index contributed by atoms with van der Waals surface area (Å²) in [5.41, 5.74) is 2.45. The number of hydrogen-bond acceptors (Lipinski definition) is 6. The molecule has 4 rings (SSSR count). The molecule has 0 radical (unpaired) electrons. The van der Waals surface area contributed by atoms with Crippen molar-refractivity contribution in [2.24, 2.45) is 0 Å². The zero-order valence-corrected chi connectivity index (χ0v) is 16.0. The zero-order chi connectivity index (χ0) is 19.0. The molecule has 2 aromatic rings. The summed E-state index contributed by atoms with van der Waals surface area (Å²) in [5, 5.41) is 4.43. The zero-order valence-electron chi connectivity index (χ0n) is 16.0. The van der Waals surface area contributed by atoms with Crippen LogP contribution in [0.15, 0.2) is 24.3 Å². The van der Waals surface area contributed by atoms with E-state index in [0.717, 1.165) is 29.8 Å². The first kappa shape index (κ1) is 18.4. The maximum atomic E-state index is 12.2. The molecule has 1 aromatic heterocycles. The Labute approximate surface area is 158 Å². The molecule has 0 saturated carbocycles. The number of carbonyl (C=O) groups excluding carboxylic acids is 1.